The molecule has 26 heavy (non-hydrogen) atoms. The zero-order chi connectivity index (χ0) is 19.6. The van der Waals surface area contributed by atoms with E-state index in [0.717, 1.165) is 12.8 Å². The van der Waals surface area contributed by atoms with Crippen LogP contribution in [0.3, 0.4) is 0 Å². The maximum Gasteiger partial charge on any atom is 0.355 e. The second kappa shape index (κ2) is 8.06. The van der Waals surface area contributed by atoms with Crippen molar-refractivity contribution < 1.29 is 19.1 Å². The molecule has 1 heterocycles. The summed E-state index contributed by atoms with van der Waals surface area (Å²) in [6.07, 6.45) is 1.81. The van der Waals surface area contributed by atoms with Crippen LogP contribution in [-0.4, -0.2) is 46.7 Å². The summed E-state index contributed by atoms with van der Waals surface area (Å²) in [6, 6.07) is -0.561. The summed E-state index contributed by atoms with van der Waals surface area (Å²) in [7, 11) is 0. The smallest absolute Gasteiger partial charge is 0.355 e. The Labute approximate surface area is 155 Å². The van der Waals surface area contributed by atoms with E-state index in [9.17, 15) is 14.4 Å². The summed E-state index contributed by atoms with van der Waals surface area (Å²) in [6.45, 7) is 11.9. The number of nitrogens with zero attached hydrogens (tertiary/aromatic N) is 1. The minimum Gasteiger partial charge on any atom is -0.461 e. The molecule has 6 heteroatoms. The van der Waals surface area contributed by atoms with Crippen LogP contribution in [0.1, 0.15) is 72.6 Å². The molecule has 0 aromatic carbocycles. The standard InChI is InChI=1S/C20H30N2O4/c1-7-26-20(25)17-12(4)16(13(5)21-17)18(23)14(6)22(10-11(2)3)19(24)15-8-9-15/h11,14-15,21H,7-10H2,1-6H3/t14-/m0/s1. The van der Waals surface area contributed by atoms with E-state index in [1.165, 1.54) is 0 Å². The van der Waals surface area contributed by atoms with Crippen LogP contribution >= 0.6 is 0 Å². The lowest BCUT2D eigenvalue weighted by molar-refractivity contribution is -0.134. The number of hydrogen-bond acceptors (Lipinski definition) is 4. The number of hydrogen-bond donors (Lipinski definition) is 1. The number of H-pyrrole nitrogens is 1. The number of Topliss-reactive ketones (excluding diaryl/α,β-unsaturated/α-hetero) is 1. The minimum absolute atomic E-state index is 0.0625. The molecule has 0 aliphatic heterocycles. The van der Waals surface area contributed by atoms with Crippen LogP contribution in [0, 0.1) is 25.7 Å². The first kappa shape index (κ1) is 20.2. The average Bonchev–Trinajstić information content (AvgIpc) is 3.37. The maximum atomic E-state index is 13.2. The predicted molar refractivity (Wildman–Crippen MR) is 99.3 cm³/mol. The molecule has 2 rings (SSSR count). The highest BCUT2D eigenvalue weighted by Crippen LogP contribution is 2.32. The molecule has 0 saturated heterocycles. The summed E-state index contributed by atoms with van der Waals surface area (Å²) >= 11 is 0. The average molecular weight is 362 g/mol. The minimum atomic E-state index is -0.561. The molecule has 0 spiro atoms. The lowest BCUT2D eigenvalue weighted by atomic mass is 9.98. The topological polar surface area (TPSA) is 79.5 Å². The van der Waals surface area contributed by atoms with E-state index in [4.69, 9.17) is 4.74 Å². The van der Waals surface area contributed by atoms with Crippen LogP contribution in [0.2, 0.25) is 0 Å². The van der Waals surface area contributed by atoms with Gasteiger partial charge in [0.1, 0.15) is 5.69 Å². The van der Waals surface area contributed by atoms with Crippen molar-refractivity contribution in [1.29, 1.82) is 0 Å². The van der Waals surface area contributed by atoms with Crippen LogP contribution in [0.5, 0.6) is 0 Å². The molecule has 0 radical (unpaired) electrons. The van der Waals surface area contributed by atoms with Gasteiger partial charge < -0.3 is 14.6 Å². The molecule has 1 aromatic heterocycles. The Kier molecular flexibility index (Phi) is 6.26. The second-order valence-corrected chi connectivity index (χ2v) is 7.54. The largest absolute Gasteiger partial charge is 0.461 e. The Morgan fingerprint density at radius 1 is 1.19 bits per heavy atom. The summed E-state index contributed by atoms with van der Waals surface area (Å²) in [5.74, 6) is -0.200. The van der Waals surface area contributed by atoms with E-state index in [1.807, 2.05) is 13.8 Å². The molecule has 0 bridgehead atoms. The van der Waals surface area contributed by atoms with E-state index in [1.54, 1.807) is 32.6 Å². The number of aromatic amines is 1. The first-order chi connectivity index (χ1) is 12.2. The highest BCUT2D eigenvalue weighted by molar-refractivity contribution is 6.06. The molecule has 1 amide bonds. The second-order valence-electron chi connectivity index (χ2n) is 7.54. The monoisotopic (exact) mass is 362 g/mol. The van der Waals surface area contributed by atoms with Crippen LogP contribution in [-0.2, 0) is 9.53 Å². The van der Waals surface area contributed by atoms with Gasteiger partial charge in [-0.1, -0.05) is 13.8 Å². The third-order valence-electron chi connectivity index (χ3n) is 4.78. The molecule has 1 aliphatic rings. The molecule has 1 fully saturated rings. The van der Waals surface area contributed by atoms with Crippen molar-refractivity contribution >= 4 is 17.7 Å². The van der Waals surface area contributed by atoms with E-state index in [0.29, 0.717) is 29.1 Å². The zero-order valence-corrected chi connectivity index (χ0v) is 16.6. The molecule has 1 N–H and O–H groups in total. The fourth-order valence-corrected chi connectivity index (χ4v) is 3.27. The zero-order valence-electron chi connectivity index (χ0n) is 16.6. The first-order valence-electron chi connectivity index (χ1n) is 9.39. The third kappa shape index (κ3) is 4.17. The fraction of sp³-hybridized carbons (Fsp3) is 0.650. The van der Waals surface area contributed by atoms with Gasteiger partial charge in [-0.25, -0.2) is 4.79 Å². The Bertz CT molecular complexity index is 701. The van der Waals surface area contributed by atoms with Crippen molar-refractivity contribution in [1.82, 2.24) is 9.88 Å². The quantitative estimate of drug-likeness (QED) is 0.568. The summed E-state index contributed by atoms with van der Waals surface area (Å²) < 4.78 is 5.05. The number of esters is 1. The summed E-state index contributed by atoms with van der Waals surface area (Å²) in [4.78, 5) is 42.6. The van der Waals surface area contributed by atoms with Gasteiger partial charge in [-0.2, -0.15) is 0 Å². The Hall–Kier alpha value is -2.11. The number of rotatable bonds is 8. The number of aryl methyl sites for hydroxylation is 1. The first-order valence-corrected chi connectivity index (χ1v) is 9.39. The predicted octanol–water partition coefficient (Wildman–Crippen LogP) is 3.27. The number of carbonyl (C=O) groups is 3. The van der Waals surface area contributed by atoms with Gasteiger partial charge in [0.2, 0.25) is 5.91 Å². The van der Waals surface area contributed by atoms with Crippen LogP contribution < -0.4 is 0 Å². The van der Waals surface area contributed by atoms with Crippen molar-refractivity contribution in [2.45, 2.75) is 60.4 Å². The summed E-state index contributed by atoms with van der Waals surface area (Å²) in [5.41, 5.74) is 2.01. The lowest BCUT2D eigenvalue weighted by Gasteiger charge is -2.30. The van der Waals surface area contributed by atoms with Crippen LogP contribution in [0.4, 0.5) is 0 Å². The van der Waals surface area contributed by atoms with Gasteiger partial charge in [0.15, 0.2) is 5.78 Å². The van der Waals surface area contributed by atoms with Gasteiger partial charge >= 0.3 is 5.97 Å². The molecule has 144 valence electrons. The van der Waals surface area contributed by atoms with Gasteiger partial charge in [-0.05, 0) is 52.0 Å². The van der Waals surface area contributed by atoms with Gasteiger partial charge in [0.05, 0.1) is 12.6 Å². The molecular weight excluding hydrogens is 332 g/mol. The van der Waals surface area contributed by atoms with Crippen molar-refractivity contribution in [3.63, 3.8) is 0 Å². The van der Waals surface area contributed by atoms with Gasteiger partial charge in [-0.15, -0.1) is 0 Å². The van der Waals surface area contributed by atoms with E-state index >= 15 is 0 Å². The highest BCUT2D eigenvalue weighted by Gasteiger charge is 2.38. The number of ketones is 1. The maximum absolute atomic E-state index is 13.2. The molecule has 1 aliphatic carbocycles. The van der Waals surface area contributed by atoms with Gasteiger partial charge in [0, 0.05) is 23.7 Å². The number of ether oxygens (including phenoxy) is 1. The van der Waals surface area contributed by atoms with Crippen molar-refractivity contribution in [2.24, 2.45) is 11.8 Å². The summed E-state index contributed by atoms with van der Waals surface area (Å²) in [5, 5.41) is 0. The highest BCUT2D eigenvalue weighted by atomic mass is 16.5. The third-order valence-corrected chi connectivity index (χ3v) is 4.78. The molecule has 1 atom stereocenters. The molecule has 6 nitrogen and oxygen atoms in total. The normalized spacial score (nSPS) is 15.0. The van der Waals surface area contributed by atoms with E-state index in [2.05, 4.69) is 4.98 Å². The number of carbonyl (C=O) groups excluding carboxylic acids is 3. The lowest BCUT2D eigenvalue weighted by Crippen LogP contribution is -2.46. The fourth-order valence-electron chi connectivity index (χ4n) is 3.27. The number of amides is 1. The number of aromatic nitrogens is 1. The van der Waals surface area contributed by atoms with Crippen molar-refractivity contribution in [3.8, 4) is 0 Å². The van der Waals surface area contributed by atoms with Gasteiger partial charge in [0.25, 0.3) is 0 Å². The molecule has 1 aromatic rings. The Morgan fingerprint density at radius 3 is 2.31 bits per heavy atom. The SMILES string of the molecule is CCOC(=O)c1[nH]c(C)c(C(=O)[C@H](C)N(CC(C)C)C(=O)C2CC2)c1C. The van der Waals surface area contributed by atoms with Crippen molar-refractivity contribution in [2.75, 3.05) is 13.2 Å². The Morgan fingerprint density at radius 2 is 1.81 bits per heavy atom. The number of nitrogens with one attached hydrogen (secondary N) is 1. The van der Waals surface area contributed by atoms with Crippen LogP contribution in [0.15, 0.2) is 0 Å². The van der Waals surface area contributed by atoms with E-state index < -0.39 is 12.0 Å². The molecular formula is C20H30N2O4. The molecule has 0 unspecified atom stereocenters. The van der Waals surface area contributed by atoms with E-state index in [-0.39, 0.29) is 30.1 Å². The van der Waals surface area contributed by atoms with Crippen LogP contribution in [0.25, 0.3) is 0 Å². The Balaban J connectivity index is 2.30. The molecule has 1 saturated carbocycles. The van der Waals surface area contributed by atoms with Gasteiger partial charge in [-0.3, -0.25) is 9.59 Å². The van der Waals surface area contributed by atoms with Crippen molar-refractivity contribution in [3.05, 3.63) is 22.5 Å².